The van der Waals surface area contributed by atoms with E-state index in [2.05, 4.69) is 4.74 Å². The molecule has 0 rings (SSSR count). The van der Waals surface area contributed by atoms with Gasteiger partial charge in [-0.3, -0.25) is 0 Å². The summed E-state index contributed by atoms with van der Waals surface area (Å²) in [4.78, 5) is 9.88. The van der Waals surface area contributed by atoms with Crippen molar-refractivity contribution in [2.24, 2.45) is 0 Å². The quantitative estimate of drug-likeness (QED) is 0.473. The summed E-state index contributed by atoms with van der Waals surface area (Å²) < 4.78 is 34.6. The summed E-state index contributed by atoms with van der Waals surface area (Å²) in [5, 5.41) is 0. The summed E-state index contributed by atoms with van der Waals surface area (Å²) in [7, 11) is 0. The van der Waals surface area contributed by atoms with Crippen LogP contribution in [0.2, 0.25) is 0 Å². The van der Waals surface area contributed by atoms with Gasteiger partial charge in [0.2, 0.25) is 0 Å². The van der Waals surface area contributed by atoms with Crippen LogP contribution in [-0.4, -0.2) is 16.1 Å². The first-order chi connectivity index (χ1) is 4.63. The van der Waals surface area contributed by atoms with E-state index in [4.69, 9.17) is 34.8 Å². The largest absolute Gasteiger partial charge is 0.491 e. The van der Waals surface area contributed by atoms with E-state index in [1.54, 1.807) is 0 Å². The zero-order chi connectivity index (χ0) is 9.28. The summed E-state index contributed by atoms with van der Waals surface area (Å²) >= 11 is 14.2. The zero-order valence-electron chi connectivity index (χ0n) is 4.58. The number of ether oxygens (including phenoxy) is 1. The molecule has 0 aliphatic rings. The Morgan fingerprint density at radius 1 is 1.18 bits per heavy atom. The van der Waals surface area contributed by atoms with Crippen LogP contribution in [0.15, 0.2) is 0 Å². The normalized spacial score (nSPS) is 12.9. The van der Waals surface area contributed by atoms with E-state index in [0.717, 1.165) is 0 Å². The Morgan fingerprint density at radius 2 is 1.55 bits per heavy atom. The minimum absolute atomic E-state index is 2.54. The lowest BCUT2D eigenvalue weighted by molar-refractivity contribution is -0.200. The molecule has 8 heteroatoms. The highest BCUT2D eigenvalue weighted by molar-refractivity contribution is 6.66. The van der Waals surface area contributed by atoms with Crippen molar-refractivity contribution in [3.8, 4) is 0 Å². The van der Waals surface area contributed by atoms with Crippen LogP contribution in [0.3, 0.4) is 0 Å². The molecule has 0 aromatic carbocycles. The Bertz CT molecular complexity index is 160. The number of alkyl halides is 6. The molecule has 0 aromatic heterocycles. The van der Waals surface area contributed by atoms with Gasteiger partial charge in [0.25, 0.3) is 0 Å². The fourth-order valence-corrected chi connectivity index (χ4v) is 0.373. The molecule has 0 aromatic rings. The summed E-state index contributed by atoms with van der Waals surface area (Å²) in [5.74, 6) is -2.54. The van der Waals surface area contributed by atoms with Gasteiger partial charge in [0.15, 0.2) is 0 Å². The van der Waals surface area contributed by atoms with E-state index in [0.29, 0.717) is 0 Å². The van der Waals surface area contributed by atoms with Crippen LogP contribution in [0.4, 0.5) is 13.2 Å². The molecule has 11 heavy (non-hydrogen) atoms. The molecule has 0 aliphatic heterocycles. The molecule has 0 spiro atoms. The molecule has 0 fully saturated rings. The van der Waals surface area contributed by atoms with Crippen LogP contribution >= 0.6 is 34.8 Å². The van der Waals surface area contributed by atoms with Gasteiger partial charge in [0.1, 0.15) is 0 Å². The average molecular weight is 231 g/mol. The lowest BCUT2D eigenvalue weighted by Gasteiger charge is -2.12. The first-order valence-corrected chi connectivity index (χ1v) is 3.13. The first-order valence-electron chi connectivity index (χ1n) is 2.00. The number of hydrogen-bond acceptors (Lipinski definition) is 2. The summed E-state index contributed by atoms with van der Waals surface area (Å²) in [6.07, 6.45) is -5.15. The van der Waals surface area contributed by atoms with Crippen LogP contribution in [0.25, 0.3) is 0 Å². The molecule has 2 nitrogen and oxygen atoms in total. The van der Waals surface area contributed by atoms with E-state index < -0.39 is 16.1 Å². The molecular formula is C3Cl3F3O2. The van der Waals surface area contributed by atoms with Crippen molar-refractivity contribution in [1.82, 2.24) is 0 Å². The molecule has 0 saturated carbocycles. The van der Waals surface area contributed by atoms with Crippen molar-refractivity contribution in [2.45, 2.75) is 10.2 Å². The molecule has 0 atom stereocenters. The SMILES string of the molecule is O=C(OC(Cl)(Cl)Cl)C(F)(F)F. The summed E-state index contributed by atoms with van der Waals surface area (Å²) in [6.45, 7) is 0. The van der Waals surface area contributed by atoms with Gasteiger partial charge in [-0.05, 0) is 34.8 Å². The van der Waals surface area contributed by atoms with Crippen LogP contribution in [0.5, 0.6) is 0 Å². The Hall–Kier alpha value is 0.130. The Balaban J connectivity index is 4.11. The predicted octanol–water partition coefficient (Wildman–Crippen LogP) is 2.42. The fraction of sp³-hybridized carbons (Fsp3) is 0.667. The number of halogens is 6. The van der Waals surface area contributed by atoms with E-state index in [-0.39, 0.29) is 0 Å². The summed E-state index contributed by atoms with van der Waals surface area (Å²) in [6, 6.07) is 0. The highest BCUT2D eigenvalue weighted by Gasteiger charge is 2.45. The third kappa shape index (κ3) is 5.41. The zero-order valence-corrected chi connectivity index (χ0v) is 6.85. The van der Waals surface area contributed by atoms with Gasteiger partial charge in [-0.15, -0.1) is 0 Å². The van der Waals surface area contributed by atoms with Crippen molar-refractivity contribution < 1.29 is 22.7 Å². The van der Waals surface area contributed by atoms with Crippen LogP contribution < -0.4 is 0 Å². The van der Waals surface area contributed by atoms with E-state index in [9.17, 15) is 18.0 Å². The van der Waals surface area contributed by atoms with Crippen molar-refractivity contribution in [1.29, 1.82) is 0 Å². The highest BCUT2D eigenvalue weighted by Crippen LogP contribution is 2.30. The van der Waals surface area contributed by atoms with Crippen molar-refractivity contribution in [2.75, 3.05) is 0 Å². The topological polar surface area (TPSA) is 26.3 Å². The molecule has 0 heterocycles. The second-order valence-corrected chi connectivity index (χ2v) is 3.51. The van der Waals surface area contributed by atoms with Gasteiger partial charge in [-0.1, -0.05) is 0 Å². The maximum Gasteiger partial charge on any atom is 0.491 e. The molecule has 0 N–H and O–H groups in total. The monoisotopic (exact) mass is 230 g/mol. The smallest absolute Gasteiger partial charge is 0.408 e. The number of carbonyl (C=O) groups is 1. The summed E-state index contributed by atoms with van der Waals surface area (Å²) in [5.41, 5.74) is 0. The van der Waals surface area contributed by atoms with Gasteiger partial charge < -0.3 is 4.74 Å². The third-order valence-electron chi connectivity index (χ3n) is 0.440. The maximum absolute atomic E-state index is 11.3. The molecule has 0 saturated heterocycles. The van der Waals surface area contributed by atoms with Crippen LogP contribution in [0, 0.1) is 0 Å². The Morgan fingerprint density at radius 3 is 1.64 bits per heavy atom. The molecule has 0 unspecified atom stereocenters. The third-order valence-corrected chi connectivity index (χ3v) is 0.671. The minimum atomic E-state index is -5.15. The fourth-order valence-electron chi connectivity index (χ4n) is 0.163. The highest BCUT2D eigenvalue weighted by atomic mass is 35.6. The lowest BCUT2D eigenvalue weighted by atomic mass is 10.7. The Labute approximate surface area is 74.2 Å². The average Bonchev–Trinajstić information content (AvgIpc) is 1.56. The number of esters is 1. The van der Waals surface area contributed by atoms with E-state index >= 15 is 0 Å². The van der Waals surface area contributed by atoms with E-state index in [1.165, 1.54) is 0 Å². The van der Waals surface area contributed by atoms with Crippen molar-refractivity contribution in [3.63, 3.8) is 0 Å². The van der Waals surface area contributed by atoms with Gasteiger partial charge in [0.05, 0.1) is 0 Å². The molecular weight excluding hydrogens is 231 g/mol. The molecule has 0 amide bonds. The maximum atomic E-state index is 11.3. The number of carbonyl (C=O) groups excluding carboxylic acids is 1. The predicted molar refractivity (Wildman–Crippen MR) is 32.4 cm³/mol. The Kier molecular flexibility index (Phi) is 3.28. The van der Waals surface area contributed by atoms with Crippen molar-refractivity contribution >= 4 is 40.8 Å². The second-order valence-electron chi connectivity index (χ2n) is 1.33. The minimum Gasteiger partial charge on any atom is -0.408 e. The van der Waals surface area contributed by atoms with Gasteiger partial charge in [-0.25, -0.2) is 4.79 Å². The first kappa shape index (κ1) is 11.1. The van der Waals surface area contributed by atoms with Crippen LogP contribution in [-0.2, 0) is 9.53 Å². The van der Waals surface area contributed by atoms with Crippen molar-refractivity contribution in [3.05, 3.63) is 0 Å². The lowest BCUT2D eigenvalue weighted by Crippen LogP contribution is -2.29. The molecule has 66 valence electrons. The number of hydrogen-bond donors (Lipinski definition) is 0. The molecule has 0 radical (unpaired) electrons. The molecule has 0 bridgehead atoms. The van der Waals surface area contributed by atoms with Crippen LogP contribution in [0.1, 0.15) is 0 Å². The molecule has 0 aliphatic carbocycles. The van der Waals surface area contributed by atoms with Gasteiger partial charge >= 0.3 is 16.1 Å². The van der Waals surface area contributed by atoms with E-state index in [1.807, 2.05) is 0 Å². The standard InChI is InChI=1S/C3Cl3F3O2/c4-3(5,6)11-1(10)2(7,8)9. The van der Waals surface area contributed by atoms with Gasteiger partial charge in [-0.2, -0.15) is 13.2 Å². The number of rotatable bonds is 0. The van der Waals surface area contributed by atoms with Gasteiger partial charge in [0, 0.05) is 0 Å². The second kappa shape index (κ2) is 3.25.